The molecule has 1 aromatic heterocycles. The number of hydrogen-bond acceptors (Lipinski definition) is 8. The van der Waals surface area contributed by atoms with E-state index in [0.717, 1.165) is 70.6 Å². The van der Waals surface area contributed by atoms with E-state index in [1.165, 1.54) is 16.7 Å². The third kappa shape index (κ3) is 5.47. The van der Waals surface area contributed by atoms with Crippen molar-refractivity contribution < 1.29 is 49.3 Å². The zero-order valence-electron chi connectivity index (χ0n) is 36.9. The van der Waals surface area contributed by atoms with Crippen LogP contribution < -0.4 is 0 Å². The van der Waals surface area contributed by atoms with Gasteiger partial charge < -0.3 is 44.7 Å². The van der Waals surface area contributed by atoms with Gasteiger partial charge in [0.2, 0.25) is 0 Å². The minimum absolute atomic E-state index is 0.00548. The van der Waals surface area contributed by atoms with Crippen molar-refractivity contribution in [3.63, 3.8) is 0 Å². The monoisotopic (exact) mass is 834 g/mol. The molecule has 11 nitrogen and oxygen atoms in total. The average molecular weight is 834 g/mol. The van der Waals surface area contributed by atoms with Gasteiger partial charge in [-0.3, -0.25) is 4.79 Å². The standard InChI is InChI=1S/C49H71NO10/c1-8-27-23-50-24-29(27)12-17-48-30-11-10-28-20-33-45(5,18-19-49(42(56)57)31(25-58-7)22-44(4)14-9-15-47(33,49)26-44)46(6,39(28)48)16-13-32(48)43(2,3)34(21-30)59-41-37(53)35(51)36(52)38(60-41)40(54)55/h9,15,20,23-24,28,30-32,34-39,41,50-53H,8,10-14,16-19,21-22,25-26H2,1-7H3,(H,54,55)(H,56,57)/t28-,30-,31+,32+,34+,35+,36+,37-,38+,39+,41-,44+,45-,46-,47+,48+,49+/m1/s1. The van der Waals surface area contributed by atoms with Crippen molar-refractivity contribution in [1.82, 2.24) is 4.98 Å². The van der Waals surface area contributed by atoms with Crippen LogP contribution >= 0.6 is 0 Å². The van der Waals surface area contributed by atoms with E-state index in [1.807, 2.05) is 0 Å². The molecule has 2 bridgehead atoms. The second-order valence-corrected chi connectivity index (χ2v) is 22.4. The van der Waals surface area contributed by atoms with Crippen LogP contribution in [0.5, 0.6) is 0 Å². The van der Waals surface area contributed by atoms with Crippen LogP contribution in [0.1, 0.15) is 123 Å². The molecule has 60 heavy (non-hydrogen) atoms. The van der Waals surface area contributed by atoms with Crippen molar-refractivity contribution in [2.24, 2.45) is 67.5 Å². The van der Waals surface area contributed by atoms with Gasteiger partial charge in [-0.1, -0.05) is 65.3 Å². The highest BCUT2D eigenvalue weighted by Crippen LogP contribution is 2.83. The first kappa shape index (κ1) is 42.7. The minimum atomic E-state index is -1.78. The number of ether oxygens (including phenoxy) is 3. The fourth-order valence-corrected chi connectivity index (χ4v) is 17.2. The smallest absolute Gasteiger partial charge is 0.335 e. The number of hydrogen-bond donors (Lipinski definition) is 6. The number of fused-ring (bicyclic) bond motifs is 3. The van der Waals surface area contributed by atoms with E-state index in [0.29, 0.717) is 25.4 Å². The van der Waals surface area contributed by atoms with E-state index in [2.05, 4.69) is 77.1 Å². The van der Waals surface area contributed by atoms with Crippen LogP contribution in [0.25, 0.3) is 0 Å². The summed E-state index contributed by atoms with van der Waals surface area (Å²) in [7, 11) is 1.72. The van der Waals surface area contributed by atoms with Gasteiger partial charge >= 0.3 is 11.9 Å². The maximum absolute atomic E-state index is 14.1. The second kappa shape index (κ2) is 14.2. The number of aryl methyl sites for hydroxylation is 2. The predicted octanol–water partition coefficient (Wildman–Crippen LogP) is 7.08. The Morgan fingerprint density at radius 1 is 0.950 bits per heavy atom. The van der Waals surface area contributed by atoms with Gasteiger partial charge in [0.1, 0.15) is 18.3 Å². The molecule has 0 unspecified atom stereocenters. The number of aromatic amines is 1. The molecule has 1 saturated heterocycles. The molecule has 0 radical (unpaired) electrons. The number of nitrogens with one attached hydrogen (secondary N) is 1. The molecular weight excluding hydrogens is 763 g/mol. The number of carbonyl (C=O) groups is 2. The largest absolute Gasteiger partial charge is 0.481 e. The van der Waals surface area contributed by atoms with Gasteiger partial charge in [0, 0.05) is 30.8 Å². The number of carboxylic acid groups (broad SMARTS) is 2. The van der Waals surface area contributed by atoms with Gasteiger partial charge in [-0.2, -0.15) is 0 Å². The van der Waals surface area contributed by atoms with Crippen LogP contribution in [0.4, 0.5) is 0 Å². The molecule has 8 aliphatic rings. The molecule has 2 heterocycles. The van der Waals surface area contributed by atoms with Crippen LogP contribution in [0, 0.1) is 67.5 Å². The molecule has 7 aliphatic carbocycles. The van der Waals surface area contributed by atoms with Crippen LogP contribution in [-0.4, -0.2) is 93.0 Å². The number of aliphatic hydroxyl groups excluding tert-OH is 3. The molecule has 1 aliphatic heterocycles. The molecule has 6 fully saturated rings. The SMILES string of the molecule is CCc1c[nH]cc1CC[C@]12[C@@H]3CC[C@@H]4C=C5[C@@]67C=CC[C@@](C)(C[C@@H](COC)[C@]6(C(=O)O)CC[C@@]5(C)[C@](C)(CC[C@H]1C(C)(C)[C@@H](O[C@@H]1O[C@H](C(=O)O)[C@@H](O)[C@H](O)[C@H]1O)C3)[C@H]42)C7. The summed E-state index contributed by atoms with van der Waals surface area (Å²) in [5.41, 5.74) is 1.74. The zero-order chi connectivity index (χ0) is 43.0. The zero-order valence-corrected chi connectivity index (χ0v) is 36.9. The van der Waals surface area contributed by atoms with Gasteiger partial charge in [0.15, 0.2) is 12.4 Å². The van der Waals surface area contributed by atoms with Crippen LogP contribution in [-0.2, 0) is 36.6 Å². The van der Waals surface area contributed by atoms with Crippen molar-refractivity contribution >= 4 is 11.9 Å². The molecule has 6 N–H and O–H groups in total. The first-order valence-corrected chi connectivity index (χ1v) is 23.2. The highest BCUT2D eigenvalue weighted by Gasteiger charge is 2.78. The van der Waals surface area contributed by atoms with Crippen molar-refractivity contribution in [1.29, 1.82) is 0 Å². The highest BCUT2D eigenvalue weighted by atomic mass is 16.7. The van der Waals surface area contributed by atoms with E-state index in [4.69, 9.17) is 14.2 Å². The van der Waals surface area contributed by atoms with Crippen molar-refractivity contribution in [2.45, 2.75) is 162 Å². The maximum Gasteiger partial charge on any atom is 0.335 e. The molecule has 5 saturated carbocycles. The van der Waals surface area contributed by atoms with Crippen LogP contribution in [0.2, 0.25) is 0 Å². The predicted molar refractivity (Wildman–Crippen MR) is 223 cm³/mol. The van der Waals surface area contributed by atoms with Crippen LogP contribution in [0.3, 0.4) is 0 Å². The number of carboxylic acids is 2. The lowest BCUT2D eigenvalue weighted by Gasteiger charge is -2.78. The molecule has 0 amide bonds. The Kier molecular flexibility index (Phi) is 10.1. The van der Waals surface area contributed by atoms with E-state index in [9.17, 15) is 35.1 Å². The Labute approximate surface area is 355 Å². The summed E-state index contributed by atoms with van der Waals surface area (Å²) < 4.78 is 18.4. The number of rotatable bonds is 10. The fourth-order valence-electron chi connectivity index (χ4n) is 17.2. The molecule has 9 rings (SSSR count). The molecule has 11 heteroatoms. The van der Waals surface area contributed by atoms with E-state index in [-0.39, 0.29) is 45.3 Å². The van der Waals surface area contributed by atoms with E-state index < -0.39 is 65.0 Å². The summed E-state index contributed by atoms with van der Waals surface area (Å²) in [6.07, 6.45) is 14.8. The van der Waals surface area contributed by atoms with Gasteiger partial charge in [-0.25, -0.2) is 4.79 Å². The number of aliphatic carboxylic acids is 2. The van der Waals surface area contributed by atoms with Crippen molar-refractivity contribution in [3.8, 4) is 0 Å². The molecule has 0 aromatic carbocycles. The minimum Gasteiger partial charge on any atom is -0.481 e. The summed E-state index contributed by atoms with van der Waals surface area (Å²) in [6.45, 7) is 14.7. The molecule has 332 valence electrons. The Bertz CT molecular complexity index is 1940. The molecule has 17 atom stereocenters. The normalized spacial score (nSPS) is 49.8. The number of methoxy groups -OCH3 is 1. The maximum atomic E-state index is 14.1. The van der Waals surface area contributed by atoms with E-state index >= 15 is 0 Å². The second-order valence-electron chi connectivity index (χ2n) is 22.4. The third-order valence-electron chi connectivity index (χ3n) is 19.8. The summed E-state index contributed by atoms with van der Waals surface area (Å²) in [5, 5.41) is 53.8. The molecule has 1 aromatic rings. The lowest BCUT2D eigenvalue weighted by Crippen LogP contribution is -2.73. The number of aliphatic hydroxyl groups is 3. The lowest BCUT2D eigenvalue weighted by atomic mass is 9.26. The first-order valence-electron chi connectivity index (χ1n) is 23.2. The van der Waals surface area contributed by atoms with Gasteiger partial charge in [-0.15, -0.1) is 0 Å². The topological polar surface area (TPSA) is 179 Å². The van der Waals surface area contributed by atoms with Gasteiger partial charge in [0.05, 0.1) is 18.1 Å². The van der Waals surface area contributed by atoms with Gasteiger partial charge in [0.25, 0.3) is 0 Å². The number of allylic oxidation sites excluding steroid dienone is 4. The Balaban J connectivity index is 1.17. The summed E-state index contributed by atoms with van der Waals surface area (Å²) >= 11 is 0. The average Bonchev–Trinajstić information content (AvgIpc) is 3.65. The van der Waals surface area contributed by atoms with E-state index in [1.54, 1.807) is 7.11 Å². The van der Waals surface area contributed by atoms with Crippen molar-refractivity contribution in [2.75, 3.05) is 13.7 Å². The third-order valence-corrected chi connectivity index (χ3v) is 19.8. The van der Waals surface area contributed by atoms with Crippen LogP contribution in [0.15, 0.2) is 36.2 Å². The Morgan fingerprint density at radius 2 is 1.70 bits per heavy atom. The fraction of sp³-hybridized carbons (Fsp3) is 0.796. The summed E-state index contributed by atoms with van der Waals surface area (Å²) in [6, 6.07) is 0. The highest BCUT2D eigenvalue weighted by molar-refractivity contribution is 5.79. The Hall–Kier alpha value is -2.54. The Morgan fingerprint density at radius 3 is 2.40 bits per heavy atom. The quantitative estimate of drug-likeness (QED) is 0.105. The van der Waals surface area contributed by atoms with Crippen molar-refractivity contribution in [3.05, 3.63) is 47.3 Å². The summed E-state index contributed by atoms with van der Waals surface area (Å²) in [4.78, 5) is 29.6. The number of H-pyrrole nitrogens is 1. The lowest BCUT2D eigenvalue weighted by molar-refractivity contribution is -0.335. The van der Waals surface area contributed by atoms with Gasteiger partial charge in [-0.05, 0) is 145 Å². The summed E-state index contributed by atoms with van der Waals surface area (Å²) in [5.74, 6) is -1.04. The molecular formula is C49H71NO10. The number of aromatic nitrogens is 1. The molecule has 1 spiro atoms. The first-order chi connectivity index (χ1) is 28.3.